The van der Waals surface area contributed by atoms with E-state index in [9.17, 15) is 0 Å². The molecular weight excluding hydrogens is 186 g/mol. The van der Waals surface area contributed by atoms with Gasteiger partial charge in [-0.2, -0.15) is 0 Å². The minimum atomic E-state index is 0.906. The average Bonchev–Trinajstić information content (AvgIpc) is 2.60. The van der Waals surface area contributed by atoms with Crippen LogP contribution in [0.5, 0.6) is 0 Å². The Morgan fingerprint density at radius 3 is 2.73 bits per heavy atom. The lowest BCUT2D eigenvalue weighted by Crippen LogP contribution is -1.90. The molecule has 15 heavy (non-hydrogen) atoms. The lowest BCUT2D eigenvalue weighted by molar-refractivity contribution is 1.02. The number of benzene rings is 1. The molecule has 0 saturated carbocycles. The molecule has 0 radical (unpaired) electrons. The van der Waals surface area contributed by atoms with Crippen LogP contribution in [0.1, 0.15) is 11.4 Å². The number of aromatic nitrogens is 3. The smallest absolute Gasteiger partial charge is 0.161 e. The number of hydrogen-bond acceptors (Lipinski definition) is 2. The van der Waals surface area contributed by atoms with E-state index in [0.29, 0.717) is 0 Å². The van der Waals surface area contributed by atoms with Crippen molar-refractivity contribution in [3.8, 4) is 0 Å². The Kier molecular flexibility index (Phi) is 1.57. The monoisotopic (exact) mass is 197 g/mol. The van der Waals surface area contributed by atoms with Crippen molar-refractivity contribution in [3.63, 3.8) is 0 Å². The van der Waals surface area contributed by atoms with Gasteiger partial charge < -0.3 is 0 Å². The number of hydrogen-bond donors (Lipinski definition) is 0. The van der Waals surface area contributed by atoms with Gasteiger partial charge in [0, 0.05) is 0 Å². The minimum absolute atomic E-state index is 0.906. The Morgan fingerprint density at radius 2 is 1.87 bits per heavy atom. The third-order valence-corrected chi connectivity index (χ3v) is 2.69. The summed E-state index contributed by atoms with van der Waals surface area (Å²) in [6, 6.07) is 10.5. The molecule has 0 spiro atoms. The van der Waals surface area contributed by atoms with E-state index in [1.54, 1.807) is 0 Å². The number of aryl methyl sites for hydroxylation is 2. The van der Waals surface area contributed by atoms with Gasteiger partial charge in [-0.1, -0.05) is 11.6 Å². The Hall–Kier alpha value is -1.90. The lowest BCUT2D eigenvalue weighted by atomic mass is 10.1. The van der Waals surface area contributed by atoms with Crippen LogP contribution in [0.2, 0.25) is 0 Å². The summed E-state index contributed by atoms with van der Waals surface area (Å²) >= 11 is 0. The fraction of sp³-hybridized carbons (Fsp3) is 0.167. The zero-order valence-corrected chi connectivity index (χ0v) is 8.73. The van der Waals surface area contributed by atoms with Crippen molar-refractivity contribution in [2.45, 2.75) is 13.8 Å². The van der Waals surface area contributed by atoms with Crippen LogP contribution in [-0.2, 0) is 0 Å². The molecule has 3 heteroatoms. The topological polar surface area (TPSA) is 30.2 Å². The van der Waals surface area contributed by atoms with Crippen molar-refractivity contribution in [3.05, 3.63) is 41.7 Å². The van der Waals surface area contributed by atoms with Gasteiger partial charge in [-0.05, 0) is 43.5 Å². The third-order valence-electron chi connectivity index (χ3n) is 2.69. The van der Waals surface area contributed by atoms with Gasteiger partial charge in [-0.25, -0.2) is 0 Å². The largest absolute Gasteiger partial charge is 0.279 e. The van der Waals surface area contributed by atoms with Gasteiger partial charge in [0.2, 0.25) is 0 Å². The summed E-state index contributed by atoms with van der Waals surface area (Å²) in [7, 11) is 0. The number of pyridine rings is 1. The van der Waals surface area contributed by atoms with E-state index in [1.807, 2.05) is 13.0 Å². The van der Waals surface area contributed by atoms with Crippen LogP contribution in [0.25, 0.3) is 16.6 Å². The second kappa shape index (κ2) is 2.79. The Balaban J connectivity index is 2.58. The van der Waals surface area contributed by atoms with Crippen molar-refractivity contribution >= 4 is 16.6 Å². The molecule has 0 atom stereocenters. The molecule has 0 aliphatic carbocycles. The van der Waals surface area contributed by atoms with Crippen LogP contribution in [0, 0.1) is 13.8 Å². The molecular formula is C12H11N3. The van der Waals surface area contributed by atoms with Gasteiger partial charge in [0.05, 0.1) is 5.52 Å². The standard InChI is InChI=1S/C12H11N3/c1-8-3-5-11-10(7-8)4-6-12-14-13-9(2)15(11)12/h3-7H,1-2H3. The van der Waals surface area contributed by atoms with Crippen LogP contribution < -0.4 is 0 Å². The van der Waals surface area contributed by atoms with Gasteiger partial charge in [0.25, 0.3) is 0 Å². The van der Waals surface area contributed by atoms with E-state index in [1.165, 1.54) is 16.5 Å². The summed E-state index contributed by atoms with van der Waals surface area (Å²) in [5, 5.41) is 9.41. The summed E-state index contributed by atoms with van der Waals surface area (Å²) in [5.74, 6) is 0.930. The van der Waals surface area contributed by atoms with Crippen LogP contribution >= 0.6 is 0 Å². The number of rotatable bonds is 0. The van der Waals surface area contributed by atoms with Crippen LogP contribution in [0.15, 0.2) is 30.3 Å². The van der Waals surface area contributed by atoms with Gasteiger partial charge >= 0.3 is 0 Å². The van der Waals surface area contributed by atoms with E-state index in [0.717, 1.165) is 11.5 Å². The maximum Gasteiger partial charge on any atom is 0.161 e. The normalized spacial score (nSPS) is 11.3. The third kappa shape index (κ3) is 1.13. The molecule has 0 aliphatic rings. The van der Waals surface area contributed by atoms with Gasteiger partial charge in [-0.15, -0.1) is 10.2 Å². The highest BCUT2D eigenvalue weighted by Crippen LogP contribution is 2.18. The van der Waals surface area contributed by atoms with Crippen molar-refractivity contribution in [2.24, 2.45) is 0 Å². The fourth-order valence-electron chi connectivity index (χ4n) is 1.96. The molecule has 1 aromatic carbocycles. The van der Waals surface area contributed by atoms with E-state index in [2.05, 4.69) is 45.8 Å². The lowest BCUT2D eigenvalue weighted by Gasteiger charge is -2.03. The molecule has 2 heterocycles. The number of nitrogens with zero attached hydrogens (tertiary/aromatic N) is 3. The van der Waals surface area contributed by atoms with E-state index < -0.39 is 0 Å². The fourth-order valence-corrected chi connectivity index (χ4v) is 1.96. The first-order chi connectivity index (χ1) is 7.25. The van der Waals surface area contributed by atoms with Crippen LogP contribution in [-0.4, -0.2) is 14.6 Å². The predicted molar refractivity (Wildman–Crippen MR) is 60.0 cm³/mol. The van der Waals surface area contributed by atoms with Gasteiger partial charge in [-0.3, -0.25) is 4.40 Å². The van der Waals surface area contributed by atoms with Gasteiger partial charge in [0.15, 0.2) is 5.65 Å². The molecule has 0 saturated heterocycles. The highest BCUT2D eigenvalue weighted by atomic mass is 15.2. The summed E-state index contributed by atoms with van der Waals surface area (Å²) < 4.78 is 2.08. The Labute approximate surface area is 87.4 Å². The maximum atomic E-state index is 4.10. The second-order valence-electron chi connectivity index (χ2n) is 3.84. The summed E-state index contributed by atoms with van der Waals surface area (Å²) in [4.78, 5) is 0. The maximum absolute atomic E-state index is 4.10. The zero-order chi connectivity index (χ0) is 10.4. The SMILES string of the molecule is Cc1ccc2c(ccc3nnc(C)n32)c1. The summed E-state index contributed by atoms with van der Waals surface area (Å²) in [5.41, 5.74) is 3.34. The second-order valence-corrected chi connectivity index (χ2v) is 3.84. The molecule has 0 fully saturated rings. The van der Waals surface area contributed by atoms with Crippen molar-refractivity contribution in [2.75, 3.05) is 0 Å². The Morgan fingerprint density at radius 1 is 1.00 bits per heavy atom. The molecule has 2 aromatic heterocycles. The summed E-state index contributed by atoms with van der Waals surface area (Å²) in [6.07, 6.45) is 0. The molecule has 3 nitrogen and oxygen atoms in total. The Bertz CT molecular complexity index is 652. The van der Waals surface area contributed by atoms with Crippen LogP contribution in [0.3, 0.4) is 0 Å². The highest BCUT2D eigenvalue weighted by molar-refractivity contribution is 5.82. The van der Waals surface area contributed by atoms with Crippen molar-refractivity contribution < 1.29 is 0 Å². The first kappa shape index (κ1) is 8.41. The molecule has 0 unspecified atom stereocenters. The molecule has 0 amide bonds. The quantitative estimate of drug-likeness (QED) is 0.554. The van der Waals surface area contributed by atoms with Crippen molar-refractivity contribution in [1.82, 2.24) is 14.6 Å². The van der Waals surface area contributed by atoms with Crippen molar-refractivity contribution in [1.29, 1.82) is 0 Å². The van der Waals surface area contributed by atoms with E-state index in [4.69, 9.17) is 0 Å². The molecule has 3 rings (SSSR count). The van der Waals surface area contributed by atoms with Gasteiger partial charge in [0.1, 0.15) is 5.82 Å². The highest BCUT2D eigenvalue weighted by Gasteiger charge is 2.04. The molecule has 0 bridgehead atoms. The summed E-state index contributed by atoms with van der Waals surface area (Å²) in [6.45, 7) is 4.07. The predicted octanol–water partition coefficient (Wildman–Crippen LogP) is 2.50. The first-order valence-electron chi connectivity index (χ1n) is 4.97. The van der Waals surface area contributed by atoms with Crippen LogP contribution in [0.4, 0.5) is 0 Å². The first-order valence-corrected chi connectivity index (χ1v) is 4.97. The molecule has 3 aromatic rings. The zero-order valence-electron chi connectivity index (χ0n) is 8.73. The minimum Gasteiger partial charge on any atom is -0.279 e. The molecule has 74 valence electrons. The molecule has 0 aliphatic heterocycles. The average molecular weight is 197 g/mol. The van der Waals surface area contributed by atoms with E-state index >= 15 is 0 Å². The van der Waals surface area contributed by atoms with E-state index in [-0.39, 0.29) is 0 Å². The number of fused-ring (bicyclic) bond motifs is 3. The molecule has 0 N–H and O–H groups in total.